The fourth-order valence-corrected chi connectivity index (χ4v) is 3.47. The molecule has 1 aromatic carbocycles. The Morgan fingerprint density at radius 1 is 1.52 bits per heavy atom. The summed E-state index contributed by atoms with van der Waals surface area (Å²) in [6, 6.07) is 6.19. The van der Waals surface area contributed by atoms with Crippen molar-refractivity contribution in [3.8, 4) is 5.75 Å². The van der Waals surface area contributed by atoms with Crippen LogP contribution < -0.4 is 10.1 Å². The number of carbonyl (C=O) groups is 1. The maximum absolute atomic E-state index is 12.0. The Bertz CT molecular complexity index is 528. The molecule has 1 fully saturated rings. The molecule has 1 aromatic rings. The Hall–Kier alpha value is -1.20. The summed E-state index contributed by atoms with van der Waals surface area (Å²) >= 11 is 1.52. The predicted octanol–water partition coefficient (Wildman–Crippen LogP) is 1.91. The van der Waals surface area contributed by atoms with Crippen molar-refractivity contribution in [3.63, 3.8) is 0 Å². The molecule has 1 aliphatic carbocycles. The molecule has 2 N–H and O–H groups in total. The molecule has 114 valence electrons. The summed E-state index contributed by atoms with van der Waals surface area (Å²) in [6.07, 6.45) is 4.17. The van der Waals surface area contributed by atoms with Crippen molar-refractivity contribution in [2.45, 2.75) is 31.4 Å². The van der Waals surface area contributed by atoms with E-state index in [4.69, 9.17) is 4.74 Å². The topological polar surface area (TPSA) is 58.6 Å². The molecule has 0 radical (unpaired) electrons. The first-order chi connectivity index (χ1) is 10.2. The molecule has 0 unspecified atom stereocenters. The lowest BCUT2D eigenvalue weighted by molar-refractivity contribution is -0.120. The van der Waals surface area contributed by atoms with Gasteiger partial charge < -0.3 is 15.2 Å². The van der Waals surface area contributed by atoms with Crippen LogP contribution in [0.1, 0.15) is 30.0 Å². The van der Waals surface area contributed by atoms with Crippen LogP contribution in [0.3, 0.4) is 0 Å². The molecule has 0 saturated heterocycles. The molecule has 4 nitrogen and oxygen atoms in total. The van der Waals surface area contributed by atoms with E-state index >= 15 is 0 Å². The lowest BCUT2D eigenvalue weighted by atomic mass is 9.75. The van der Waals surface area contributed by atoms with Gasteiger partial charge in [0.05, 0.1) is 24.5 Å². The quantitative estimate of drug-likeness (QED) is 0.872. The van der Waals surface area contributed by atoms with E-state index in [1.807, 2.05) is 18.4 Å². The van der Waals surface area contributed by atoms with Crippen molar-refractivity contribution in [1.29, 1.82) is 0 Å². The van der Waals surface area contributed by atoms with Crippen LogP contribution in [0.4, 0.5) is 0 Å². The maximum Gasteiger partial charge on any atom is 0.230 e. The number of hydrogen-bond donors (Lipinski definition) is 2. The van der Waals surface area contributed by atoms with E-state index in [0.29, 0.717) is 11.7 Å². The van der Waals surface area contributed by atoms with Crippen molar-refractivity contribution in [2.75, 3.05) is 18.6 Å². The Balaban J connectivity index is 1.79. The van der Waals surface area contributed by atoms with E-state index in [2.05, 4.69) is 11.4 Å². The summed E-state index contributed by atoms with van der Waals surface area (Å²) in [7, 11) is 0. The lowest BCUT2D eigenvalue weighted by Crippen LogP contribution is -2.42. The minimum atomic E-state index is -0.215. The van der Waals surface area contributed by atoms with Crippen molar-refractivity contribution in [3.05, 3.63) is 29.3 Å². The SMILES string of the molecule is CSCC(=O)N[C@@H](c1ccc2c(c1)CCO2)C1CC(O)C1. The van der Waals surface area contributed by atoms with Crippen LogP contribution in [-0.4, -0.2) is 35.7 Å². The second-order valence-corrected chi connectivity index (χ2v) is 6.70. The van der Waals surface area contributed by atoms with Crippen LogP contribution in [-0.2, 0) is 11.2 Å². The minimum Gasteiger partial charge on any atom is -0.493 e. The van der Waals surface area contributed by atoms with Gasteiger partial charge in [-0.05, 0) is 48.3 Å². The van der Waals surface area contributed by atoms with Crippen LogP contribution in [0.2, 0.25) is 0 Å². The minimum absolute atomic E-state index is 0.000972. The van der Waals surface area contributed by atoms with Crippen LogP contribution in [0.15, 0.2) is 18.2 Å². The fourth-order valence-electron chi connectivity index (χ4n) is 3.12. The van der Waals surface area contributed by atoms with Gasteiger partial charge in [-0.3, -0.25) is 4.79 Å². The number of aliphatic hydroxyl groups excluding tert-OH is 1. The molecule has 21 heavy (non-hydrogen) atoms. The van der Waals surface area contributed by atoms with Crippen molar-refractivity contribution in [2.24, 2.45) is 5.92 Å². The normalized spacial score (nSPS) is 24.7. The number of rotatable bonds is 5. The maximum atomic E-state index is 12.0. The molecule has 0 spiro atoms. The number of carbonyl (C=O) groups excluding carboxylic acids is 1. The zero-order chi connectivity index (χ0) is 14.8. The summed E-state index contributed by atoms with van der Waals surface area (Å²) in [4.78, 5) is 12.0. The Morgan fingerprint density at radius 2 is 2.33 bits per heavy atom. The van der Waals surface area contributed by atoms with E-state index in [1.54, 1.807) is 0 Å². The highest BCUT2D eigenvalue weighted by atomic mass is 32.2. The third kappa shape index (κ3) is 3.19. The Kier molecular flexibility index (Phi) is 4.40. The molecule has 1 heterocycles. The highest BCUT2D eigenvalue weighted by molar-refractivity contribution is 7.99. The predicted molar refractivity (Wildman–Crippen MR) is 83.6 cm³/mol. The lowest BCUT2D eigenvalue weighted by Gasteiger charge is -2.38. The largest absolute Gasteiger partial charge is 0.493 e. The highest BCUT2D eigenvalue weighted by Crippen LogP contribution is 2.39. The molecule has 1 atom stereocenters. The van der Waals surface area contributed by atoms with E-state index in [1.165, 1.54) is 17.3 Å². The van der Waals surface area contributed by atoms with Crippen LogP contribution in [0.25, 0.3) is 0 Å². The summed E-state index contributed by atoms with van der Waals surface area (Å²) in [5.41, 5.74) is 2.35. The van der Waals surface area contributed by atoms with Crippen LogP contribution in [0, 0.1) is 5.92 Å². The third-order valence-electron chi connectivity index (χ3n) is 4.29. The first kappa shape index (κ1) is 14.7. The van der Waals surface area contributed by atoms with Gasteiger partial charge in [0.15, 0.2) is 0 Å². The summed E-state index contributed by atoms with van der Waals surface area (Å²) in [5, 5.41) is 12.7. The average molecular weight is 307 g/mol. The molecule has 3 rings (SSSR count). The highest BCUT2D eigenvalue weighted by Gasteiger charge is 2.36. The molecule has 1 amide bonds. The summed E-state index contributed by atoms with van der Waals surface area (Å²) < 4.78 is 5.54. The van der Waals surface area contributed by atoms with Gasteiger partial charge in [0.25, 0.3) is 0 Å². The standard InChI is InChI=1S/C16H21NO3S/c1-21-9-15(19)17-16(12-7-13(18)8-12)11-2-3-14-10(6-11)4-5-20-14/h2-3,6,12-13,16,18H,4-5,7-9H2,1H3,(H,17,19)/t12?,13?,16-/m0/s1. The summed E-state index contributed by atoms with van der Waals surface area (Å²) in [6.45, 7) is 0.741. The van der Waals surface area contributed by atoms with Gasteiger partial charge in [-0.15, -0.1) is 0 Å². The first-order valence-electron chi connectivity index (χ1n) is 7.39. The van der Waals surface area contributed by atoms with Crippen molar-refractivity contribution in [1.82, 2.24) is 5.32 Å². The molecule has 5 heteroatoms. The van der Waals surface area contributed by atoms with E-state index in [0.717, 1.165) is 37.2 Å². The second kappa shape index (κ2) is 6.28. The number of benzene rings is 1. The number of fused-ring (bicyclic) bond motifs is 1. The molecule has 0 bridgehead atoms. The van der Waals surface area contributed by atoms with Gasteiger partial charge in [0, 0.05) is 6.42 Å². The second-order valence-electron chi connectivity index (χ2n) is 5.83. The first-order valence-corrected chi connectivity index (χ1v) is 8.78. The molecular weight excluding hydrogens is 286 g/mol. The van der Waals surface area contributed by atoms with Gasteiger partial charge >= 0.3 is 0 Å². The zero-order valence-corrected chi connectivity index (χ0v) is 13.0. The van der Waals surface area contributed by atoms with Gasteiger partial charge in [0.1, 0.15) is 5.75 Å². The van der Waals surface area contributed by atoms with E-state index in [-0.39, 0.29) is 18.1 Å². The number of ether oxygens (including phenoxy) is 1. The van der Waals surface area contributed by atoms with E-state index in [9.17, 15) is 9.90 Å². The van der Waals surface area contributed by atoms with Crippen LogP contribution >= 0.6 is 11.8 Å². The van der Waals surface area contributed by atoms with Crippen LogP contribution in [0.5, 0.6) is 5.75 Å². The fraction of sp³-hybridized carbons (Fsp3) is 0.562. The Morgan fingerprint density at radius 3 is 3.05 bits per heavy atom. The van der Waals surface area contributed by atoms with Gasteiger partial charge in [-0.25, -0.2) is 0 Å². The summed E-state index contributed by atoms with van der Waals surface area (Å²) in [5.74, 6) is 1.82. The third-order valence-corrected chi connectivity index (χ3v) is 4.84. The van der Waals surface area contributed by atoms with Gasteiger partial charge in [-0.1, -0.05) is 6.07 Å². The van der Waals surface area contributed by atoms with Crippen molar-refractivity contribution >= 4 is 17.7 Å². The Labute approximate surface area is 129 Å². The average Bonchev–Trinajstić information content (AvgIpc) is 2.89. The number of aliphatic hydroxyl groups is 1. The molecular formula is C16H21NO3S. The molecule has 0 aromatic heterocycles. The number of hydrogen-bond acceptors (Lipinski definition) is 4. The number of thioether (sulfide) groups is 1. The zero-order valence-electron chi connectivity index (χ0n) is 12.2. The van der Waals surface area contributed by atoms with Gasteiger partial charge in [-0.2, -0.15) is 11.8 Å². The van der Waals surface area contributed by atoms with Gasteiger partial charge in [0.2, 0.25) is 5.91 Å². The van der Waals surface area contributed by atoms with E-state index < -0.39 is 0 Å². The molecule has 1 aliphatic heterocycles. The number of nitrogens with one attached hydrogen (secondary N) is 1. The number of amides is 1. The molecule has 2 aliphatic rings. The monoisotopic (exact) mass is 307 g/mol. The smallest absolute Gasteiger partial charge is 0.230 e. The van der Waals surface area contributed by atoms with Crippen molar-refractivity contribution < 1.29 is 14.6 Å². The molecule has 1 saturated carbocycles.